The molecule has 0 fully saturated rings. The van der Waals surface area contributed by atoms with Gasteiger partial charge in [0, 0.05) is 16.6 Å². The number of aliphatic hydroxyl groups is 1. The van der Waals surface area contributed by atoms with E-state index in [2.05, 4.69) is 21.0 Å². The molecule has 1 aromatic heterocycles. The van der Waals surface area contributed by atoms with Crippen LogP contribution in [0.2, 0.25) is 5.02 Å². The number of benzene rings is 1. The van der Waals surface area contributed by atoms with E-state index in [9.17, 15) is 9.50 Å². The van der Waals surface area contributed by atoms with Gasteiger partial charge >= 0.3 is 0 Å². The Morgan fingerprint density at radius 1 is 1.48 bits per heavy atom. The van der Waals surface area contributed by atoms with E-state index in [-0.39, 0.29) is 5.56 Å². The molecule has 1 heterocycles. The summed E-state index contributed by atoms with van der Waals surface area (Å²) in [6, 6.07) is 4.42. The van der Waals surface area contributed by atoms with Crippen molar-refractivity contribution in [2.24, 2.45) is 0 Å². The summed E-state index contributed by atoms with van der Waals surface area (Å²) in [5.74, 6) is -0.484. The Morgan fingerprint density at radius 3 is 2.86 bits per heavy atom. The lowest BCUT2D eigenvalue weighted by Gasteiger charge is -2.17. The van der Waals surface area contributed by atoms with Crippen molar-refractivity contribution >= 4 is 27.5 Å². The summed E-state index contributed by atoms with van der Waals surface area (Å²) in [7, 11) is 3.88. The van der Waals surface area contributed by atoms with Crippen LogP contribution >= 0.6 is 27.5 Å². The van der Waals surface area contributed by atoms with Crippen LogP contribution in [-0.2, 0) is 6.54 Å². The Balaban J connectivity index is 2.36. The van der Waals surface area contributed by atoms with Gasteiger partial charge in [-0.25, -0.2) is 4.39 Å². The molecule has 1 atom stereocenters. The second-order valence-corrected chi connectivity index (χ2v) is 6.30. The maximum Gasteiger partial charge on any atom is 0.129 e. The first-order chi connectivity index (χ1) is 9.90. The molecule has 0 saturated heterocycles. The third kappa shape index (κ3) is 3.83. The van der Waals surface area contributed by atoms with E-state index < -0.39 is 11.9 Å². The molecular formula is C14H16BrClFN3O. The van der Waals surface area contributed by atoms with Crippen molar-refractivity contribution in [3.63, 3.8) is 0 Å². The van der Waals surface area contributed by atoms with E-state index in [1.807, 2.05) is 19.0 Å². The molecule has 0 aliphatic heterocycles. The smallest absolute Gasteiger partial charge is 0.129 e. The molecule has 0 aliphatic carbocycles. The molecule has 1 N–H and O–H groups in total. The molecular weight excluding hydrogens is 361 g/mol. The van der Waals surface area contributed by atoms with Crippen LogP contribution in [0.1, 0.15) is 17.4 Å². The number of aromatic nitrogens is 2. The summed E-state index contributed by atoms with van der Waals surface area (Å²) in [5.41, 5.74) is 0.563. The normalized spacial score (nSPS) is 12.9. The zero-order valence-corrected chi connectivity index (χ0v) is 14.1. The molecule has 1 aromatic carbocycles. The van der Waals surface area contributed by atoms with Gasteiger partial charge in [0.05, 0.1) is 23.5 Å². The molecule has 7 heteroatoms. The van der Waals surface area contributed by atoms with Crippen molar-refractivity contribution in [3.05, 3.63) is 51.0 Å². The molecule has 1 unspecified atom stereocenters. The topological polar surface area (TPSA) is 41.3 Å². The zero-order chi connectivity index (χ0) is 15.6. The molecule has 2 rings (SSSR count). The van der Waals surface area contributed by atoms with Crippen molar-refractivity contribution in [2.45, 2.75) is 12.6 Å². The minimum Gasteiger partial charge on any atom is -0.382 e. The Hall–Kier alpha value is -0.950. The minimum absolute atomic E-state index is 0.165. The van der Waals surface area contributed by atoms with Crippen molar-refractivity contribution in [1.82, 2.24) is 14.7 Å². The van der Waals surface area contributed by atoms with Crippen LogP contribution in [0.5, 0.6) is 0 Å². The van der Waals surface area contributed by atoms with E-state index in [0.717, 1.165) is 6.54 Å². The van der Waals surface area contributed by atoms with Gasteiger partial charge in [-0.3, -0.25) is 4.68 Å². The van der Waals surface area contributed by atoms with E-state index in [4.69, 9.17) is 11.6 Å². The first kappa shape index (κ1) is 16.4. The van der Waals surface area contributed by atoms with Crippen molar-refractivity contribution in [1.29, 1.82) is 0 Å². The van der Waals surface area contributed by atoms with E-state index >= 15 is 0 Å². The number of halogens is 3. The highest BCUT2D eigenvalue weighted by molar-refractivity contribution is 9.10. The maximum atomic E-state index is 13.9. The van der Waals surface area contributed by atoms with E-state index in [1.165, 1.54) is 12.3 Å². The van der Waals surface area contributed by atoms with Crippen LogP contribution in [0.15, 0.2) is 28.9 Å². The largest absolute Gasteiger partial charge is 0.382 e. The molecule has 0 aliphatic rings. The third-order valence-electron chi connectivity index (χ3n) is 3.10. The minimum atomic E-state index is -1.17. The molecule has 2 aromatic rings. The van der Waals surface area contributed by atoms with Gasteiger partial charge in [-0.1, -0.05) is 27.5 Å². The second kappa shape index (κ2) is 6.87. The van der Waals surface area contributed by atoms with Crippen molar-refractivity contribution in [2.75, 3.05) is 20.6 Å². The fourth-order valence-corrected chi connectivity index (χ4v) is 2.61. The zero-order valence-electron chi connectivity index (χ0n) is 11.7. The molecule has 0 spiro atoms. The summed E-state index contributed by atoms with van der Waals surface area (Å²) in [5, 5.41) is 15.0. The molecule has 21 heavy (non-hydrogen) atoms. The Labute approximate surface area is 136 Å². The van der Waals surface area contributed by atoms with Crippen LogP contribution in [0, 0.1) is 5.82 Å². The van der Waals surface area contributed by atoms with Gasteiger partial charge in [-0.2, -0.15) is 5.10 Å². The standard InChI is InChI=1S/C14H16BrClFN3O/c1-19(2)5-6-20-13(11(16)8-18-20)14(21)10-7-9(15)3-4-12(10)17/h3-4,7-8,14,21H,5-6H2,1-2H3. The second-order valence-electron chi connectivity index (χ2n) is 4.97. The van der Waals surface area contributed by atoms with Crippen molar-refractivity contribution < 1.29 is 9.50 Å². The average molecular weight is 377 g/mol. The SMILES string of the molecule is CN(C)CCn1ncc(Cl)c1C(O)c1cc(Br)ccc1F. The first-order valence-corrected chi connectivity index (χ1v) is 7.56. The number of rotatable bonds is 5. The highest BCUT2D eigenvalue weighted by atomic mass is 79.9. The summed E-state index contributed by atoms with van der Waals surface area (Å²) >= 11 is 9.38. The third-order valence-corrected chi connectivity index (χ3v) is 3.89. The quantitative estimate of drug-likeness (QED) is 0.872. The van der Waals surface area contributed by atoms with Crippen LogP contribution in [0.4, 0.5) is 4.39 Å². The lowest BCUT2D eigenvalue weighted by Crippen LogP contribution is -2.21. The highest BCUT2D eigenvalue weighted by Crippen LogP contribution is 2.31. The van der Waals surface area contributed by atoms with Crippen LogP contribution < -0.4 is 0 Å². The van der Waals surface area contributed by atoms with Gasteiger partial charge in [0.15, 0.2) is 0 Å². The van der Waals surface area contributed by atoms with Gasteiger partial charge in [0.1, 0.15) is 11.9 Å². The number of nitrogens with zero attached hydrogens (tertiary/aromatic N) is 3. The molecule has 114 valence electrons. The van der Waals surface area contributed by atoms with Gasteiger partial charge in [-0.15, -0.1) is 0 Å². The summed E-state index contributed by atoms with van der Waals surface area (Å²) in [6.07, 6.45) is 0.297. The van der Waals surface area contributed by atoms with Crippen LogP contribution in [0.3, 0.4) is 0 Å². The van der Waals surface area contributed by atoms with Gasteiger partial charge in [-0.05, 0) is 32.3 Å². The lowest BCUT2D eigenvalue weighted by atomic mass is 10.1. The number of hydrogen-bond acceptors (Lipinski definition) is 3. The Bertz CT molecular complexity index is 633. The fraction of sp³-hybridized carbons (Fsp3) is 0.357. The monoisotopic (exact) mass is 375 g/mol. The Kier molecular flexibility index (Phi) is 5.37. The van der Waals surface area contributed by atoms with Crippen LogP contribution in [0.25, 0.3) is 0 Å². The van der Waals surface area contributed by atoms with Gasteiger partial charge in [0.25, 0.3) is 0 Å². The van der Waals surface area contributed by atoms with Gasteiger partial charge in [0.2, 0.25) is 0 Å². The highest BCUT2D eigenvalue weighted by Gasteiger charge is 2.23. The maximum absolute atomic E-state index is 13.9. The molecule has 4 nitrogen and oxygen atoms in total. The van der Waals surface area contributed by atoms with Gasteiger partial charge < -0.3 is 10.0 Å². The van der Waals surface area contributed by atoms with E-state index in [1.54, 1.807) is 16.8 Å². The Morgan fingerprint density at radius 2 is 2.19 bits per heavy atom. The molecule has 0 radical (unpaired) electrons. The number of likely N-dealkylation sites (N-methyl/N-ethyl adjacent to an activating group) is 1. The molecule has 0 saturated carbocycles. The lowest BCUT2D eigenvalue weighted by molar-refractivity contribution is 0.200. The number of aliphatic hydroxyl groups excluding tert-OH is 1. The summed E-state index contributed by atoms with van der Waals surface area (Å²) in [4.78, 5) is 1.99. The van der Waals surface area contributed by atoms with Crippen molar-refractivity contribution in [3.8, 4) is 0 Å². The fourth-order valence-electron chi connectivity index (χ4n) is 1.99. The molecule has 0 bridgehead atoms. The van der Waals surface area contributed by atoms with Crippen LogP contribution in [-0.4, -0.2) is 40.4 Å². The first-order valence-electron chi connectivity index (χ1n) is 6.39. The molecule has 0 amide bonds. The average Bonchev–Trinajstić information content (AvgIpc) is 2.79. The van der Waals surface area contributed by atoms with E-state index in [0.29, 0.717) is 21.7 Å². The summed E-state index contributed by atoms with van der Waals surface area (Å²) in [6.45, 7) is 1.29. The number of hydrogen-bond donors (Lipinski definition) is 1. The predicted molar refractivity (Wildman–Crippen MR) is 84.0 cm³/mol. The predicted octanol–water partition coefficient (Wildman–Crippen LogP) is 3.08. The summed E-state index contributed by atoms with van der Waals surface area (Å²) < 4.78 is 16.2.